The Morgan fingerprint density at radius 2 is 1.75 bits per heavy atom. The van der Waals surface area contributed by atoms with Crippen molar-refractivity contribution in [2.45, 2.75) is 83.0 Å². The molecule has 20 heavy (non-hydrogen) atoms. The van der Waals surface area contributed by atoms with Crippen LogP contribution in [0.15, 0.2) is 0 Å². The van der Waals surface area contributed by atoms with Gasteiger partial charge in [0.15, 0.2) is 0 Å². The molecule has 116 valence electrons. The summed E-state index contributed by atoms with van der Waals surface area (Å²) in [6, 6.07) is 3.21. The van der Waals surface area contributed by atoms with Crippen LogP contribution in [-0.2, 0) is 0 Å². The van der Waals surface area contributed by atoms with Crippen LogP contribution < -0.4 is 5.32 Å². The van der Waals surface area contributed by atoms with Crippen LogP contribution in [0.2, 0.25) is 0 Å². The summed E-state index contributed by atoms with van der Waals surface area (Å²) < 4.78 is 0. The summed E-state index contributed by atoms with van der Waals surface area (Å²) in [7, 11) is 0. The highest BCUT2D eigenvalue weighted by Gasteiger charge is 2.37. The van der Waals surface area contributed by atoms with Crippen LogP contribution in [-0.4, -0.2) is 60.1 Å². The van der Waals surface area contributed by atoms with Crippen LogP contribution in [0.4, 0.5) is 0 Å². The van der Waals surface area contributed by atoms with Crippen molar-refractivity contribution in [3.63, 3.8) is 0 Å². The lowest BCUT2D eigenvalue weighted by molar-refractivity contribution is 0.136. The van der Waals surface area contributed by atoms with Gasteiger partial charge in [0.05, 0.1) is 0 Å². The molecule has 0 spiro atoms. The highest BCUT2D eigenvalue weighted by atomic mass is 15.2. The van der Waals surface area contributed by atoms with E-state index in [9.17, 15) is 0 Å². The Balaban J connectivity index is 1.59. The van der Waals surface area contributed by atoms with Crippen molar-refractivity contribution in [2.24, 2.45) is 0 Å². The second kappa shape index (κ2) is 6.76. The molecule has 3 aliphatic heterocycles. The van der Waals surface area contributed by atoms with Gasteiger partial charge < -0.3 is 10.2 Å². The van der Waals surface area contributed by atoms with Crippen molar-refractivity contribution in [1.29, 1.82) is 0 Å². The molecule has 3 atom stereocenters. The smallest absolute Gasteiger partial charge is 0.0252 e. The topological polar surface area (TPSA) is 18.5 Å². The lowest BCUT2D eigenvalue weighted by Gasteiger charge is -2.36. The van der Waals surface area contributed by atoms with Gasteiger partial charge in [-0.25, -0.2) is 0 Å². The van der Waals surface area contributed by atoms with Crippen LogP contribution in [0.5, 0.6) is 0 Å². The summed E-state index contributed by atoms with van der Waals surface area (Å²) in [5, 5.41) is 3.76. The number of nitrogens with zero attached hydrogens (tertiary/aromatic N) is 2. The predicted molar refractivity (Wildman–Crippen MR) is 85.1 cm³/mol. The van der Waals surface area contributed by atoms with Gasteiger partial charge in [-0.15, -0.1) is 0 Å². The monoisotopic (exact) mass is 279 g/mol. The first-order valence-corrected chi connectivity index (χ1v) is 8.99. The second-order valence-corrected chi connectivity index (χ2v) is 7.36. The molecule has 0 aromatic rings. The normalized spacial score (nSPS) is 37.6. The van der Waals surface area contributed by atoms with Gasteiger partial charge in [-0.05, 0) is 85.0 Å². The average molecular weight is 279 g/mol. The fourth-order valence-electron chi connectivity index (χ4n) is 4.69. The molecule has 0 saturated carbocycles. The molecule has 3 heterocycles. The maximum absolute atomic E-state index is 3.76. The predicted octanol–water partition coefficient (Wildman–Crippen LogP) is 2.47. The molecule has 0 radical (unpaired) electrons. The lowest BCUT2D eigenvalue weighted by Crippen LogP contribution is -2.48. The molecule has 0 aliphatic carbocycles. The second-order valence-electron chi connectivity index (χ2n) is 7.36. The number of hydrogen-bond donors (Lipinski definition) is 1. The lowest BCUT2D eigenvalue weighted by atomic mass is 10.0. The Labute approximate surface area is 125 Å². The fourth-order valence-corrected chi connectivity index (χ4v) is 4.69. The van der Waals surface area contributed by atoms with Crippen molar-refractivity contribution < 1.29 is 0 Å². The molecule has 3 saturated heterocycles. The minimum Gasteiger partial charge on any atom is -0.312 e. The van der Waals surface area contributed by atoms with E-state index in [1.165, 1.54) is 71.1 Å². The van der Waals surface area contributed by atoms with Gasteiger partial charge in [0, 0.05) is 24.2 Å². The molecule has 1 N–H and O–H groups in total. The third-order valence-electron chi connectivity index (χ3n) is 5.84. The zero-order valence-corrected chi connectivity index (χ0v) is 13.5. The van der Waals surface area contributed by atoms with Crippen molar-refractivity contribution in [1.82, 2.24) is 15.1 Å². The Kier molecular flexibility index (Phi) is 5.00. The van der Waals surface area contributed by atoms with Gasteiger partial charge in [-0.2, -0.15) is 0 Å². The van der Waals surface area contributed by atoms with Crippen molar-refractivity contribution in [3.05, 3.63) is 0 Å². The Hall–Kier alpha value is -0.120. The largest absolute Gasteiger partial charge is 0.312 e. The zero-order valence-electron chi connectivity index (χ0n) is 13.5. The van der Waals surface area contributed by atoms with E-state index in [0.717, 1.165) is 24.2 Å². The molecule has 0 bridgehead atoms. The molecule has 0 aromatic carbocycles. The van der Waals surface area contributed by atoms with E-state index in [0.29, 0.717) is 0 Å². The molecule has 3 fully saturated rings. The maximum Gasteiger partial charge on any atom is 0.0252 e. The first kappa shape index (κ1) is 14.8. The third kappa shape index (κ3) is 3.20. The van der Waals surface area contributed by atoms with Crippen molar-refractivity contribution in [3.8, 4) is 0 Å². The summed E-state index contributed by atoms with van der Waals surface area (Å²) in [6.45, 7) is 9.93. The third-order valence-corrected chi connectivity index (χ3v) is 5.84. The van der Waals surface area contributed by atoms with E-state index in [1.54, 1.807) is 0 Å². The summed E-state index contributed by atoms with van der Waals surface area (Å²) in [4.78, 5) is 5.58. The quantitative estimate of drug-likeness (QED) is 0.856. The van der Waals surface area contributed by atoms with Crippen LogP contribution in [0.25, 0.3) is 0 Å². The SMILES string of the molecule is CC(C)N1CCCC(N2CCCC2C2CCCN2)CC1. The Morgan fingerprint density at radius 1 is 0.900 bits per heavy atom. The van der Waals surface area contributed by atoms with Crippen molar-refractivity contribution >= 4 is 0 Å². The summed E-state index contributed by atoms with van der Waals surface area (Å²) in [6.07, 6.45) is 9.86. The highest BCUT2D eigenvalue weighted by Crippen LogP contribution is 2.30. The number of likely N-dealkylation sites (tertiary alicyclic amines) is 2. The standard InChI is InChI=1S/C17H33N3/c1-14(2)19-11-4-6-15(9-13-19)20-12-5-8-17(20)16-7-3-10-18-16/h14-18H,3-13H2,1-2H3. The Morgan fingerprint density at radius 3 is 2.50 bits per heavy atom. The molecular formula is C17H33N3. The van der Waals surface area contributed by atoms with Crippen LogP contribution in [0, 0.1) is 0 Å². The Bertz CT molecular complexity index is 299. The van der Waals surface area contributed by atoms with Gasteiger partial charge in [0.2, 0.25) is 0 Å². The first-order valence-electron chi connectivity index (χ1n) is 8.99. The van der Waals surface area contributed by atoms with Crippen LogP contribution in [0.3, 0.4) is 0 Å². The number of nitrogens with one attached hydrogen (secondary N) is 1. The molecule has 0 amide bonds. The minimum absolute atomic E-state index is 0.722. The van der Waals surface area contributed by atoms with E-state index in [-0.39, 0.29) is 0 Å². The van der Waals surface area contributed by atoms with Gasteiger partial charge >= 0.3 is 0 Å². The van der Waals surface area contributed by atoms with Gasteiger partial charge in [-0.3, -0.25) is 4.90 Å². The van der Waals surface area contributed by atoms with E-state index in [1.807, 2.05) is 0 Å². The minimum atomic E-state index is 0.722. The van der Waals surface area contributed by atoms with Crippen molar-refractivity contribution in [2.75, 3.05) is 26.2 Å². The zero-order chi connectivity index (χ0) is 13.9. The molecule has 3 nitrogen and oxygen atoms in total. The molecule has 3 rings (SSSR count). The maximum atomic E-state index is 3.76. The van der Waals surface area contributed by atoms with E-state index in [2.05, 4.69) is 29.0 Å². The summed E-state index contributed by atoms with van der Waals surface area (Å²) >= 11 is 0. The van der Waals surface area contributed by atoms with Gasteiger partial charge in [0.1, 0.15) is 0 Å². The summed E-state index contributed by atoms with van der Waals surface area (Å²) in [5.41, 5.74) is 0. The molecule has 3 heteroatoms. The summed E-state index contributed by atoms with van der Waals surface area (Å²) in [5.74, 6) is 0. The number of rotatable bonds is 3. The molecule has 3 unspecified atom stereocenters. The van der Waals surface area contributed by atoms with Crippen LogP contribution >= 0.6 is 0 Å². The first-order chi connectivity index (χ1) is 9.75. The molecule has 3 aliphatic rings. The fraction of sp³-hybridized carbons (Fsp3) is 1.00. The molecule has 0 aromatic heterocycles. The highest BCUT2D eigenvalue weighted by molar-refractivity contribution is 4.95. The average Bonchev–Trinajstić information content (AvgIpc) is 3.05. The van der Waals surface area contributed by atoms with E-state index < -0.39 is 0 Å². The van der Waals surface area contributed by atoms with Gasteiger partial charge in [-0.1, -0.05) is 0 Å². The van der Waals surface area contributed by atoms with E-state index in [4.69, 9.17) is 0 Å². The van der Waals surface area contributed by atoms with Crippen LogP contribution in [0.1, 0.15) is 58.8 Å². The van der Waals surface area contributed by atoms with Gasteiger partial charge in [0.25, 0.3) is 0 Å². The molecular weight excluding hydrogens is 246 g/mol. The van der Waals surface area contributed by atoms with E-state index >= 15 is 0 Å². The number of hydrogen-bond acceptors (Lipinski definition) is 3.